The molecule has 1 rings (SSSR count). The average Bonchev–Trinajstić information content (AvgIpc) is 2.03. The van der Waals surface area contributed by atoms with Gasteiger partial charge < -0.3 is 5.21 Å². The fraction of sp³-hybridized carbons (Fsp3) is 0.286. The Morgan fingerprint density at radius 2 is 1.38 bits per heavy atom. The minimum Gasteiger partial charge on any atom is -0.618 e. The van der Waals surface area contributed by atoms with Gasteiger partial charge in [0.2, 0.25) is 11.4 Å². The van der Waals surface area contributed by atoms with Gasteiger partial charge in [0, 0.05) is 12.1 Å². The van der Waals surface area contributed by atoms with Gasteiger partial charge in [0.15, 0.2) is 7.47 Å². The summed E-state index contributed by atoms with van der Waals surface area (Å²) in [6.45, 7) is 0. The molecule has 0 aromatic carbocycles. The third-order valence-corrected chi connectivity index (χ3v) is 3.33. The lowest BCUT2D eigenvalue weighted by Crippen LogP contribution is -2.36. The molecular formula is C7H5Br4NO. The summed E-state index contributed by atoms with van der Waals surface area (Å²) in [6.07, 6.45) is 0. The SMILES string of the molecule is [O-][n+]1c(C(Br)Br)cccc1C(Br)Br. The number of hydrogen-bond donors (Lipinski definition) is 0. The lowest BCUT2D eigenvalue weighted by atomic mass is 10.3. The number of hydrogen-bond acceptors (Lipinski definition) is 1. The molecule has 0 spiro atoms. The molecule has 1 heterocycles. The van der Waals surface area contributed by atoms with E-state index in [1.807, 2.05) is 6.07 Å². The molecule has 0 unspecified atom stereocenters. The maximum Gasteiger partial charge on any atom is 0.217 e. The first kappa shape index (κ1) is 11.9. The van der Waals surface area contributed by atoms with E-state index in [0.717, 1.165) is 4.73 Å². The summed E-state index contributed by atoms with van der Waals surface area (Å²) in [7, 11) is 0. The fourth-order valence-corrected chi connectivity index (χ4v) is 2.21. The van der Waals surface area contributed by atoms with Crippen LogP contribution < -0.4 is 4.73 Å². The molecule has 0 atom stereocenters. The number of alkyl halides is 4. The Hall–Kier alpha value is 0.870. The highest BCUT2D eigenvalue weighted by Crippen LogP contribution is 2.30. The Kier molecular flexibility index (Phi) is 4.68. The molecule has 13 heavy (non-hydrogen) atoms. The third-order valence-electron chi connectivity index (χ3n) is 1.45. The molecule has 2 nitrogen and oxygen atoms in total. The zero-order chi connectivity index (χ0) is 10.0. The summed E-state index contributed by atoms with van der Waals surface area (Å²) in [5.74, 6) is 0. The van der Waals surface area contributed by atoms with E-state index in [9.17, 15) is 5.21 Å². The van der Waals surface area contributed by atoms with Crippen molar-refractivity contribution in [3.05, 3.63) is 34.8 Å². The van der Waals surface area contributed by atoms with Crippen LogP contribution in [0.3, 0.4) is 0 Å². The molecule has 0 aliphatic heterocycles. The summed E-state index contributed by atoms with van der Waals surface area (Å²) in [5, 5.41) is 11.6. The van der Waals surface area contributed by atoms with Crippen LogP contribution in [0.15, 0.2) is 18.2 Å². The summed E-state index contributed by atoms with van der Waals surface area (Å²) < 4.78 is 0.620. The quantitative estimate of drug-likeness (QED) is 0.391. The van der Waals surface area contributed by atoms with Crippen LogP contribution in [0, 0.1) is 5.21 Å². The molecule has 72 valence electrons. The second-order valence-electron chi connectivity index (χ2n) is 2.27. The molecule has 1 aromatic heterocycles. The van der Waals surface area contributed by atoms with Gasteiger partial charge in [-0.1, -0.05) is 63.7 Å². The van der Waals surface area contributed by atoms with Crippen LogP contribution in [-0.2, 0) is 0 Å². The second kappa shape index (κ2) is 5.09. The molecule has 0 saturated carbocycles. The molecule has 0 aliphatic carbocycles. The first-order valence-corrected chi connectivity index (χ1v) is 6.99. The molecule has 0 radical (unpaired) electrons. The van der Waals surface area contributed by atoms with Crippen molar-refractivity contribution in [1.29, 1.82) is 0 Å². The van der Waals surface area contributed by atoms with Crippen LogP contribution in [0.2, 0.25) is 0 Å². The molecule has 0 aliphatic rings. The summed E-state index contributed by atoms with van der Waals surface area (Å²) in [6, 6.07) is 5.35. The predicted molar refractivity (Wildman–Crippen MR) is 66.6 cm³/mol. The van der Waals surface area contributed by atoms with Gasteiger partial charge in [0.05, 0.1) is 0 Å². The summed E-state index contributed by atoms with van der Waals surface area (Å²) in [4.78, 5) is 0. The average molecular weight is 439 g/mol. The van der Waals surface area contributed by atoms with Crippen LogP contribution in [0.25, 0.3) is 0 Å². The number of aromatic nitrogens is 1. The van der Waals surface area contributed by atoms with Crippen LogP contribution in [-0.4, -0.2) is 0 Å². The van der Waals surface area contributed by atoms with Crippen LogP contribution in [0.1, 0.15) is 18.9 Å². The van der Waals surface area contributed by atoms with Gasteiger partial charge in [-0.25, -0.2) is 0 Å². The number of rotatable bonds is 2. The van der Waals surface area contributed by atoms with Crippen LogP contribution in [0.4, 0.5) is 0 Å². The van der Waals surface area contributed by atoms with Crippen molar-refractivity contribution in [3.63, 3.8) is 0 Å². The predicted octanol–water partition coefficient (Wildman–Crippen LogP) is 3.90. The van der Waals surface area contributed by atoms with E-state index >= 15 is 0 Å². The number of pyridine rings is 1. The van der Waals surface area contributed by atoms with Gasteiger partial charge in [-0.05, 0) is 6.07 Å². The molecule has 0 bridgehead atoms. The number of halogens is 4. The zero-order valence-electron chi connectivity index (χ0n) is 6.25. The highest BCUT2D eigenvalue weighted by Gasteiger charge is 2.19. The Balaban J connectivity index is 3.18. The second-order valence-corrected chi connectivity index (χ2v) is 8.39. The molecular weight excluding hydrogens is 434 g/mol. The van der Waals surface area contributed by atoms with Crippen molar-refractivity contribution in [2.75, 3.05) is 0 Å². The Morgan fingerprint density at radius 3 is 1.69 bits per heavy atom. The van der Waals surface area contributed by atoms with E-state index in [0.29, 0.717) is 11.4 Å². The van der Waals surface area contributed by atoms with Gasteiger partial charge in [-0.2, -0.15) is 4.73 Å². The van der Waals surface area contributed by atoms with Crippen LogP contribution in [0.5, 0.6) is 0 Å². The van der Waals surface area contributed by atoms with E-state index in [1.54, 1.807) is 12.1 Å². The first-order valence-electron chi connectivity index (χ1n) is 3.32. The lowest BCUT2D eigenvalue weighted by molar-refractivity contribution is -0.620. The topological polar surface area (TPSA) is 26.9 Å². The van der Waals surface area contributed by atoms with E-state index in [-0.39, 0.29) is 7.47 Å². The minimum absolute atomic E-state index is 0.129. The largest absolute Gasteiger partial charge is 0.618 e. The van der Waals surface area contributed by atoms with Gasteiger partial charge in [0.1, 0.15) is 0 Å². The summed E-state index contributed by atoms with van der Waals surface area (Å²) in [5.41, 5.74) is 1.25. The van der Waals surface area contributed by atoms with Gasteiger partial charge in [-0.3, -0.25) is 0 Å². The van der Waals surface area contributed by atoms with Gasteiger partial charge in [-0.15, -0.1) is 0 Å². The van der Waals surface area contributed by atoms with Crippen molar-refractivity contribution in [1.82, 2.24) is 0 Å². The van der Waals surface area contributed by atoms with Crippen molar-refractivity contribution in [2.45, 2.75) is 7.47 Å². The monoisotopic (exact) mass is 435 g/mol. The molecule has 0 fully saturated rings. The standard InChI is InChI=1S/C7H5Br4NO/c8-6(9)4-2-1-3-5(7(10)11)12(4)13/h1-3,6-7H. The zero-order valence-corrected chi connectivity index (χ0v) is 12.6. The van der Waals surface area contributed by atoms with E-state index < -0.39 is 0 Å². The maximum atomic E-state index is 11.6. The van der Waals surface area contributed by atoms with Crippen molar-refractivity contribution in [3.8, 4) is 0 Å². The molecule has 1 aromatic rings. The minimum atomic E-state index is -0.129. The summed E-state index contributed by atoms with van der Waals surface area (Å²) >= 11 is 13.1. The van der Waals surface area contributed by atoms with E-state index in [4.69, 9.17) is 0 Å². The van der Waals surface area contributed by atoms with Crippen molar-refractivity contribution >= 4 is 63.7 Å². The first-order chi connectivity index (χ1) is 6.04. The maximum absolute atomic E-state index is 11.6. The third kappa shape index (κ3) is 2.91. The van der Waals surface area contributed by atoms with E-state index in [2.05, 4.69) is 63.7 Å². The lowest BCUT2D eigenvalue weighted by Gasteiger charge is -2.10. The van der Waals surface area contributed by atoms with Crippen LogP contribution >= 0.6 is 63.7 Å². The smallest absolute Gasteiger partial charge is 0.217 e. The van der Waals surface area contributed by atoms with Gasteiger partial charge >= 0.3 is 0 Å². The fourth-order valence-electron chi connectivity index (χ4n) is 0.853. The molecule has 0 amide bonds. The molecule has 6 heteroatoms. The molecule has 0 saturated heterocycles. The Bertz CT molecular complexity index is 276. The Morgan fingerprint density at radius 1 is 1.00 bits per heavy atom. The van der Waals surface area contributed by atoms with Gasteiger partial charge in [0.25, 0.3) is 0 Å². The number of nitrogens with zero attached hydrogens (tertiary/aromatic N) is 1. The highest BCUT2D eigenvalue weighted by atomic mass is 79.9. The van der Waals surface area contributed by atoms with Crippen molar-refractivity contribution in [2.24, 2.45) is 0 Å². The highest BCUT2D eigenvalue weighted by molar-refractivity contribution is 9.24. The molecule has 0 N–H and O–H groups in total. The normalized spacial score (nSPS) is 11.2. The van der Waals surface area contributed by atoms with E-state index in [1.165, 1.54) is 0 Å². The Labute approximate surface area is 110 Å². The van der Waals surface area contributed by atoms with Crippen molar-refractivity contribution < 1.29 is 4.73 Å².